The van der Waals surface area contributed by atoms with Crippen LogP contribution in [0.25, 0.3) is 0 Å². The van der Waals surface area contributed by atoms with E-state index in [9.17, 15) is 9.90 Å². The number of carbonyl (C=O) groups is 1. The van der Waals surface area contributed by atoms with Gasteiger partial charge in [-0.3, -0.25) is 4.79 Å². The van der Waals surface area contributed by atoms with Gasteiger partial charge in [-0.05, 0) is 89.3 Å². The van der Waals surface area contributed by atoms with Gasteiger partial charge < -0.3 is 9.84 Å². The molecule has 0 spiro atoms. The monoisotopic (exact) mass is 438 g/mol. The van der Waals surface area contributed by atoms with E-state index in [-0.39, 0.29) is 11.5 Å². The Morgan fingerprint density at radius 3 is 2.16 bits per heavy atom. The molecule has 3 nitrogen and oxygen atoms in total. The molecule has 1 aliphatic heterocycles. The van der Waals surface area contributed by atoms with Crippen molar-refractivity contribution in [1.29, 1.82) is 0 Å². The second kappa shape index (κ2) is 13.3. The maximum Gasteiger partial charge on any atom is 0.170 e. The first kappa shape index (κ1) is 26.0. The zero-order chi connectivity index (χ0) is 23.4. The predicted molar refractivity (Wildman–Crippen MR) is 135 cm³/mol. The molecule has 1 aliphatic rings. The van der Waals surface area contributed by atoms with E-state index in [1.54, 1.807) is 6.07 Å². The van der Waals surface area contributed by atoms with E-state index in [4.69, 9.17) is 4.74 Å². The van der Waals surface area contributed by atoms with Gasteiger partial charge in [0.05, 0.1) is 12.0 Å². The van der Waals surface area contributed by atoms with E-state index >= 15 is 0 Å². The van der Waals surface area contributed by atoms with Crippen molar-refractivity contribution in [1.82, 2.24) is 0 Å². The van der Waals surface area contributed by atoms with Crippen LogP contribution < -0.4 is 4.74 Å². The van der Waals surface area contributed by atoms with Crippen LogP contribution in [-0.2, 0) is 0 Å². The number of Topliss-reactive ketones (excluding diaryl/α,β-unsaturated/α-hetero) is 1. The van der Waals surface area contributed by atoms with Crippen LogP contribution in [0, 0.1) is 13.8 Å². The zero-order valence-corrected chi connectivity index (χ0v) is 20.6. The third-order valence-corrected chi connectivity index (χ3v) is 6.34. The molecule has 1 unspecified atom stereocenters. The van der Waals surface area contributed by atoms with Crippen LogP contribution in [0.3, 0.4) is 0 Å². The number of unbranched alkanes of at least 4 members (excludes halogenated alkanes) is 5. The fraction of sp³-hybridized carbons (Fsp3) is 0.552. The van der Waals surface area contributed by atoms with E-state index in [0.717, 1.165) is 49.7 Å². The largest absolute Gasteiger partial charge is 0.508 e. The number of benzene rings is 1. The fourth-order valence-corrected chi connectivity index (χ4v) is 4.12. The normalized spacial score (nSPS) is 18.7. The molecular weight excluding hydrogens is 396 g/mol. The number of ketones is 1. The molecule has 0 bridgehead atoms. The number of allylic oxidation sites excluding steroid dienone is 6. The van der Waals surface area contributed by atoms with Crippen molar-refractivity contribution in [2.45, 2.75) is 104 Å². The molecule has 0 fully saturated rings. The Kier molecular flexibility index (Phi) is 10.8. The van der Waals surface area contributed by atoms with Crippen molar-refractivity contribution in [3.63, 3.8) is 0 Å². The lowest BCUT2D eigenvalue weighted by Gasteiger charge is -2.36. The summed E-state index contributed by atoms with van der Waals surface area (Å²) in [5.41, 5.74) is 1.70. The number of aromatic hydroxyl groups is 1. The number of ether oxygens (including phenoxy) is 1. The van der Waals surface area contributed by atoms with Gasteiger partial charge in [-0.1, -0.05) is 56.2 Å². The lowest BCUT2D eigenvalue weighted by atomic mass is 9.85. The highest BCUT2D eigenvalue weighted by molar-refractivity contribution is 6.01. The molecule has 0 saturated carbocycles. The standard InChI is InChI=1S/C29H42O3/c1-5-6-7-8-9-10-11-12-13-14-15-16-17-18-19-20-29(4)22-27(31)25-21-26(30)23(2)24(3)28(25)32-29/h9-10,12-13,15-16,21,30H,5-8,11,14,17-20,22H2,1-4H3/b10-9-,13-12-,16-15-. The highest BCUT2D eigenvalue weighted by Gasteiger charge is 2.37. The third-order valence-electron chi connectivity index (χ3n) is 6.34. The minimum absolute atomic E-state index is 0.0645. The maximum absolute atomic E-state index is 12.7. The fourth-order valence-electron chi connectivity index (χ4n) is 4.12. The van der Waals surface area contributed by atoms with E-state index < -0.39 is 5.60 Å². The van der Waals surface area contributed by atoms with Crippen LogP contribution in [0.5, 0.6) is 11.5 Å². The number of rotatable bonds is 13. The number of hydrogen-bond acceptors (Lipinski definition) is 3. The highest BCUT2D eigenvalue weighted by atomic mass is 16.5. The Balaban J connectivity index is 1.66. The van der Waals surface area contributed by atoms with Crippen molar-refractivity contribution in [2.75, 3.05) is 0 Å². The molecule has 0 amide bonds. The van der Waals surface area contributed by atoms with E-state index in [1.165, 1.54) is 25.7 Å². The van der Waals surface area contributed by atoms with Crippen molar-refractivity contribution < 1.29 is 14.6 Å². The Hall–Kier alpha value is -2.29. The number of hydrogen-bond donors (Lipinski definition) is 1. The second-order valence-corrected chi connectivity index (χ2v) is 9.30. The molecule has 32 heavy (non-hydrogen) atoms. The van der Waals surface area contributed by atoms with Crippen LogP contribution in [0.1, 0.15) is 106 Å². The average Bonchev–Trinajstić information content (AvgIpc) is 2.76. The van der Waals surface area contributed by atoms with Crippen molar-refractivity contribution in [3.05, 3.63) is 59.2 Å². The molecule has 1 atom stereocenters. The quantitative estimate of drug-likeness (QED) is 0.249. The Morgan fingerprint density at radius 1 is 0.938 bits per heavy atom. The highest BCUT2D eigenvalue weighted by Crippen LogP contribution is 2.41. The summed E-state index contributed by atoms with van der Waals surface area (Å²) in [4.78, 5) is 12.7. The van der Waals surface area contributed by atoms with Crippen LogP contribution in [0.4, 0.5) is 0 Å². The van der Waals surface area contributed by atoms with Crippen LogP contribution >= 0.6 is 0 Å². The molecule has 2 rings (SSSR count). The van der Waals surface area contributed by atoms with Crippen molar-refractivity contribution >= 4 is 5.78 Å². The van der Waals surface area contributed by atoms with Crippen LogP contribution in [0.15, 0.2) is 42.5 Å². The van der Waals surface area contributed by atoms with E-state index in [2.05, 4.69) is 43.4 Å². The molecule has 1 aromatic rings. The summed E-state index contributed by atoms with van der Waals surface area (Å²) in [5.74, 6) is 0.887. The van der Waals surface area contributed by atoms with Crippen LogP contribution in [0.2, 0.25) is 0 Å². The molecule has 0 radical (unpaired) electrons. The minimum atomic E-state index is -0.464. The van der Waals surface area contributed by atoms with Crippen molar-refractivity contribution in [3.8, 4) is 11.5 Å². The lowest BCUT2D eigenvalue weighted by Crippen LogP contribution is -2.39. The van der Waals surface area contributed by atoms with Gasteiger partial charge in [-0.25, -0.2) is 0 Å². The summed E-state index contributed by atoms with van der Waals surface area (Å²) < 4.78 is 6.31. The number of carbonyl (C=O) groups excluding carboxylic acids is 1. The van der Waals surface area contributed by atoms with Gasteiger partial charge in [0.25, 0.3) is 0 Å². The second-order valence-electron chi connectivity index (χ2n) is 9.30. The van der Waals surface area contributed by atoms with E-state index in [0.29, 0.717) is 17.7 Å². The molecule has 0 aliphatic carbocycles. The summed E-state index contributed by atoms with van der Waals surface area (Å²) in [7, 11) is 0. The Labute approximate surface area is 195 Å². The SMILES string of the molecule is CCCCC/C=C\C/C=C\C/C=C\CCCCC1(C)CC(=O)c2cc(O)c(C)c(C)c2O1. The van der Waals surface area contributed by atoms with Gasteiger partial charge in [-0.15, -0.1) is 0 Å². The zero-order valence-electron chi connectivity index (χ0n) is 20.6. The molecule has 1 heterocycles. The summed E-state index contributed by atoms with van der Waals surface area (Å²) in [6.07, 6.45) is 25.0. The number of phenols is 1. The van der Waals surface area contributed by atoms with Gasteiger partial charge in [0.2, 0.25) is 0 Å². The minimum Gasteiger partial charge on any atom is -0.508 e. The first-order valence-electron chi connectivity index (χ1n) is 12.4. The first-order chi connectivity index (χ1) is 15.4. The third kappa shape index (κ3) is 8.00. The molecule has 1 N–H and O–H groups in total. The topological polar surface area (TPSA) is 46.5 Å². The van der Waals surface area contributed by atoms with Gasteiger partial charge in [0.1, 0.15) is 17.1 Å². The lowest BCUT2D eigenvalue weighted by molar-refractivity contribution is 0.0447. The Bertz CT molecular complexity index is 831. The molecule has 0 saturated heterocycles. The Morgan fingerprint density at radius 2 is 1.53 bits per heavy atom. The van der Waals surface area contributed by atoms with Gasteiger partial charge in [0.15, 0.2) is 5.78 Å². The predicted octanol–water partition coefficient (Wildman–Crippen LogP) is 8.32. The number of phenolic OH excluding ortho intramolecular Hbond substituents is 1. The first-order valence-corrected chi connectivity index (χ1v) is 12.4. The van der Waals surface area contributed by atoms with E-state index in [1.807, 2.05) is 20.8 Å². The van der Waals surface area contributed by atoms with Gasteiger partial charge >= 0.3 is 0 Å². The molecule has 176 valence electrons. The summed E-state index contributed by atoms with van der Waals surface area (Å²) in [6.45, 7) is 8.05. The molecule has 0 aromatic heterocycles. The van der Waals surface area contributed by atoms with Crippen molar-refractivity contribution in [2.24, 2.45) is 0 Å². The smallest absolute Gasteiger partial charge is 0.170 e. The summed E-state index contributed by atoms with van der Waals surface area (Å²) >= 11 is 0. The van der Waals surface area contributed by atoms with Gasteiger partial charge in [-0.2, -0.15) is 0 Å². The van der Waals surface area contributed by atoms with Gasteiger partial charge in [0, 0.05) is 0 Å². The molecule has 1 aromatic carbocycles. The van der Waals surface area contributed by atoms with Crippen LogP contribution in [-0.4, -0.2) is 16.5 Å². The maximum atomic E-state index is 12.7. The average molecular weight is 439 g/mol. The molecule has 3 heteroatoms. The summed E-state index contributed by atoms with van der Waals surface area (Å²) in [6, 6.07) is 1.56. The summed E-state index contributed by atoms with van der Waals surface area (Å²) in [5, 5.41) is 10.0. The molecular formula is C29H42O3. The number of fused-ring (bicyclic) bond motifs is 1.